The monoisotopic (exact) mass is 258 g/mol. The van der Waals surface area contributed by atoms with E-state index in [0.29, 0.717) is 11.9 Å². The maximum Gasteiger partial charge on any atom is 0.0648 e. The second-order valence-corrected chi connectivity index (χ2v) is 4.96. The Labute approximate surface area is 112 Å². The molecule has 0 saturated carbocycles. The molecule has 0 N–H and O–H groups in total. The molecule has 2 heterocycles. The molecular formula is C15H15ClN2. The summed E-state index contributed by atoms with van der Waals surface area (Å²) in [5, 5.41) is 0. The summed E-state index contributed by atoms with van der Waals surface area (Å²) in [6, 6.07) is 13.2. The van der Waals surface area contributed by atoms with Gasteiger partial charge in [-0.2, -0.15) is 0 Å². The zero-order valence-electron chi connectivity index (χ0n) is 10.3. The first kappa shape index (κ1) is 11.5. The van der Waals surface area contributed by atoms with Gasteiger partial charge in [-0.05, 0) is 37.1 Å². The van der Waals surface area contributed by atoms with E-state index in [1.807, 2.05) is 6.20 Å². The van der Waals surface area contributed by atoms with E-state index in [0.717, 1.165) is 12.1 Å². The number of nitrogens with zero attached hydrogens (tertiary/aromatic N) is 2. The van der Waals surface area contributed by atoms with Crippen LogP contribution >= 0.6 is 11.6 Å². The Kier molecular flexibility index (Phi) is 2.96. The molecule has 0 aliphatic carbocycles. The summed E-state index contributed by atoms with van der Waals surface area (Å²) >= 11 is 5.86. The fourth-order valence-electron chi connectivity index (χ4n) is 2.65. The van der Waals surface area contributed by atoms with Gasteiger partial charge < -0.3 is 4.90 Å². The molecule has 2 aromatic rings. The molecule has 1 unspecified atom stereocenters. The quantitative estimate of drug-likeness (QED) is 0.760. The van der Waals surface area contributed by atoms with Crippen molar-refractivity contribution in [1.82, 2.24) is 4.98 Å². The number of aromatic nitrogens is 1. The Balaban J connectivity index is 2.06. The highest BCUT2D eigenvalue weighted by molar-refractivity contribution is 6.16. The Morgan fingerprint density at radius 1 is 1.33 bits per heavy atom. The number of alkyl halides is 1. The average molecular weight is 259 g/mol. The summed E-state index contributed by atoms with van der Waals surface area (Å²) in [6.45, 7) is 2.25. The molecule has 3 heteroatoms. The van der Waals surface area contributed by atoms with E-state index in [4.69, 9.17) is 11.6 Å². The van der Waals surface area contributed by atoms with E-state index >= 15 is 0 Å². The summed E-state index contributed by atoms with van der Waals surface area (Å²) in [4.78, 5) is 6.62. The van der Waals surface area contributed by atoms with Crippen LogP contribution in [0.3, 0.4) is 0 Å². The van der Waals surface area contributed by atoms with Gasteiger partial charge in [-0.15, -0.1) is 11.6 Å². The summed E-state index contributed by atoms with van der Waals surface area (Å²) in [6.07, 6.45) is 2.93. The first-order valence-corrected chi connectivity index (χ1v) is 6.71. The molecule has 1 aliphatic heterocycles. The lowest BCUT2D eigenvalue weighted by molar-refractivity contribution is 0.758. The molecule has 1 aromatic heterocycles. The molecule has 1 aromatic carbocycles. The van der Waals surface area contributed by atoms with Crippen LogP contribution in [-0.4, -0.2) is 11.0 Å². The van der Waals surface area contributed by atoms with E-state index in [1.54, 1.807) is 0 Å². The van der Waals surface area contributed by atoms with Crippen LogP contribution in [0.25, 0.3) is 0 Å². The van der Waals surface area contributed by atoms with Crippen LogP contribution in [-0.2, 0) is 12.3 Å². The number of fused-ring (bicyclic) bond motifs is 1. The number of rotatable bonds is 2. The molecule has 0 saturated heterocycles. The van der Waals surface area contributed by atoms with Gasteiger partial charge in [0.2, 0.25) is 0 Å². The molecule has 1 atom stereocenters. The van der Waals surface area contributed by atoms with Crippen LogP contribution in [0, 0.1) is 0 Å². The van der Waals surface area contributed by atoms with Crippen LogP contribution in [0.2, 0.25) is 0 Å². The summed E-state index contributed by atoms with van der Waals surface area (Å²) in [5.74, 6) is 0.456. The molecular weight excluding hydrogens is 244 g/mol. The van der Waals surface area contributed by atoms with Gasteiger partial charge in [0.05, 0.1) is 11.6 Å². The highest BCUT2D eigenvalue weighted by Crippen LogP contribution is 2.37. The van der Waals surface area contributed by atoms with Crippen molar-refractivity contribution in [2.24, 2.45) is 0 Å². The van der Waals surface area contributed by atoms with E-state index < -0.39 is 0 Å². The van der Waals surface area contributed by atoms with Crippen molar-refractivity contribution in [3.8, 4) is 0 Å². The number of hydrogen-bond donors (Lipinski definition) is 0. The van der Waals surface area contributed by atoms with Gasteiger partial charge in [0.25, 0.3) is 0 Å². The third-order valence-electron chi connectivity index (χ3n) is 3.42. The van der Waals surface area contributed by atoms with Gasteiger partial charge in [-0.1, -0.05) is 18.2 Å². The van der Waals surface area contributed by atoms with Crippen LogP contribution < -0.4 is 4.90 Å². The predicted octanol–water partition coefficient (Wildman–Crippen LogP) is 3.90. The molecule has 0 radical (unpaired) electrons. The second kappa shape index (κ2) is 4.62. The molecule has 0 amide bonds. The van der Waals surface area contributed by atoms with Gasteiger partial charge in [0.1, 0.15) is 0 Å². The number of benzene rings is 1. The lowest BCUT2D eigenvalue weighted by atomic mass is 10.1. The van der Waals surface area contributed by atoms with Crippen molar-refractivity contribution in [2.75, 3.05) is 4.90 Å². The molecule has 1 aliphatic rings. The Bertz CT molecular complexity index is 568. The fourth-order valence-corrected chi connectivity index (χ4v) is 2.79. The number of pyridine rings is 1. The molecule has 0 spiro atoms. The normalized spacial score (nSPS) is 17.9. The Morgan fingerprint density at radius 3 is 3.00 bits per heavy atom. The summed E-state index contributed by atoms with van der Waals surface area (Å²) in [5.41, 5.74) is 4.81. The van der Waals surface area contributed by atoms with Crippen molar-refractivity contribution in [2.45, 2.75) is 25.3 Å². The van der Waals surface area contributed by atoms with Gasteiger partial charge >= 0.3 is 0 Å². The molecule has 0 fully saturated rings. The van der Waals surface area contributed by atoms with Crippen molar-refractivity contribution in [1.29, 1.82) is 0 Å². The molecule has 18 heavy (non-hydrogen) atoms. The Morgan fingerprint density at radius 2 is 2.17 bits per heavy atom. The van der Waals surface area contributed by atoms with E-state index in [-0.39, 0.29) is 0 Å². The van der Waals surface area contributed by atoms with Crippen LogP contribution in [0.4, 0.5) is 11.4 Å². The molecule has 3 rings (SSSR count). The Hall–Kier alpha value is -1.54. The lowest BCUT2D eigenvalue weighted by Gasteiger charge is -2.25. The SMILES string of the molecule is CC1Cc2ccccc2N1c1ccnc(CCl)c1. The minimum atomic E-state index is 0.456. The largest absolute Gasteiger partial charge is 0.338 e. The summed E-state index contributed by atoms with van der Waals surface area (Å²) < 4.78 is 0. The second-order valence-electron chi connectivity index (χ2n) is 4.69. The van der Waals surface area contributed by atoms with E-state index in [9.17, 15) is 0 Å². The van der Waals surface area contributed by atoms with Crippen molar-refractivity contribution in [3.05, 3.63) is 53.9 Å². The first-order chi connectivity index (χ1) is 8.79. The van der Waals surface area contributed by atoms with Crippen LogP contribution in [0.1, 0.15) is 18.2 Å². The highest BCUT2D eigenvalue weighted by Gasteiger charge is 2.26. The highest BCUT2D eigenvalue weighted by atomic mass is 35.5. The van der Waals surface area contributed by atoms with Crippen molar-refractivity contribution in [3.63, 3.8) is 0 Å². The lowest BCUT2D eigenvalue weighted by Crippen LogP contribution is -2.23. The van der Waals surface area contributed by atoms with Crippen molar-refractivity contribution >= 4 is 23.0 Å². The maximum atomic E-state index is 5.86. The third-order valence-corrected chi connectivity index (χ3v) is 3.70. The number of anilines is 2. The smallest absolute Gasteiger partial charge is 0.0648 e. The average Bonchev–Trinajstić information content (AvgIpc) is 2.74. The maximum absolute atomic E-state index is 5.86. The molecule has 2 nitrogen and oxygen atoms in total. The van der Waals surface area contributed by atoms with E-state index in [1.165, 1.54) is 16.9 Å². The molecule has 0 bridgehead atoms. The molecule has 92 valence electrons. The number of halogens is 1. The van der Waals surface area contributed by atoms with Gasteiger partial charge in [-0.25, -0.2) is 0 Å². The zero-order valence-corrected chi connectivity index (χ0v) is 11.1. The van der Waals surface area contributed by atoms with Gasteiger partial charge in [0, 0.05) is 23.6 Å². The van der Waals surface area contributed by atoms with Crippen molar-refractivity contribution < 1.29 is 0 Å². The number of hydrogen-bond acceptors (Lipinski definition) is 2. The van der Waals surface area contributed by atoms with Crippen LogP contribution in [0.15, 0.2) is 42.6 Å². The predicted molar refractivity (Wildman–Crippen MR) is 75.5 cm³/mol. The topological polar surface area (TPSA) is 16.1 Å². The summed E-state index contributed by atoms with van der Waals surface area (Å²) in [7, 11) is 0. The van der Waals surface area contributed by atoms with Crippen LogP contribution in [0.5, 0.6) is 0 Å². The zero-order chi connectivity index (χ0) is 12.5. The van der Waals surface area contributed by atoms with E-state index in [2.05, 4.69) is 53.2 Å². The standard InChI is InChI=1S/C15H15ClN2/c1-11-8-12-4-2-3-5-15(12)18(11)14-6-7-17-13(9-14)10-16/h2-7,9,11H,8,10H2,1H3. The number of para-hydroxylation sites is 1. The third kappa shape index (κ3) is 1.87. The minimum absolute atomic E-state index is 0.456. The van der Waals surface area contributed by atoms with Gasteiger partial charge in [-0.3, -0.25) is 4.98 Å². The van der Waals surface area contributed by atoms with Gasteiger partial charge in [0.15, 0.2) is 0 Å². The first-order valence-electron chi connectivity index (χ1n) is 6.17. The fraction of sp³-hybridized carbons (Fsp3) is 0.267. The minimum Gasteiger partial charge on any atom is -0.338 e.